The predicted octanol–water partition coefficient (Wildman–Crippen LogP) is -2.91. The average molecular weight is 506 g/mol. The lowest BCUT2D eigenvalue weighted by molar-refractivity contribution is -0.143. The number of rotatable bonds is 18. The number of hydrogen-bond donors (Lipinski definition) is 9. The zero-order chi connectivity index (χ0) is 27.1. The van der Waals surface area contributed by atoms with Crippen LogP contribution in [-0.4, -0.2) is 92.9 Å². The lowest BCUT2D eigenvalue weighted by atomic mass is 10.0. The fraction of sp³-hybridized carbons (Fsp3) is 0.700. The molecule has 0 saturated heterocycles. The van der Waals surface area contributed by atoms with Gasteiger partial charge in [-0.1, -0.05) is 0 Å². The summed E-state index contributed by atoms with van der Waals surface area (Å²) in [6, 6.07) is -5.62. The van der Waals surface area contributed by atoms with E-state index in [1.165, 1.54) is 6.92 Å². The van der Waals surface area contributed by atoms with Crippen molar-refractivity contribution in [3.05, 3.63) is 0 Å². The fourth-order valence-electron chi connectivity index (χ4n) is 2.90. The molecule has 0 rings (SSSR count). The van der Waals surface area contributed by atoms with Crippen molar-refractivity contribution >= 4 is 35.6 Å². The second-order valence-electron chi connectivity index (χ2n) is 7.94. The first kappa shape index (κ1) is 31.7. The van der Waals surface area contributed by atoms with Crippen LogP contribution in [0.15, 0.2) is 0 Å². The molecule has 5 atom stereocenters. The summed E-state index contributed by atoms with van der Waals surface area (Å²) in [5.74, 6) is -6.65. The van der Waals surface area contributed by atoms with Crippen molar-refractivity contribution in [3.63, 3.8) is 0 Å². The molecule has 15 nitrogen and oxygen atoms in total. The quantitative estimate of drug-likeness (QED) is 0.0848. The van der Waals surface area contributed by atoms with Gasteiger partial charge in [0.1, 0.15) is 18.1 Å². The standard InChI is InChI=1S/C20H35N5O10/c1-10(26)16(25-17(31)11(22)5-7-14(27)28)19(33)23-12(4-2-3-9-21)18(32)24-13(20(34)35)6-8-15(29)30/h10-13,16,26H,2-9,21-22H2,1H3,(H,23,33)(H,24,32)(H,25,31)(H,27,28)(H,29,30)(H,34,35). The molecular weight excluding hydrogens is 470 g/mol. The number of hydrogen-bond acceptors (Lipinski definition) is 9. The van der Waals surface area contributed by atoms with Crippen LogP contribution < -0.4 is 27.4 Å². The number of carbonyl (C=O) groups excluding carboxylic acids is 3. The van der Waals surface area contributed by atoms with E-state index in [0.717, 1.165) is 0 Å². The van der Waals surface area contributed by atoms with Crippen LogP contribution in [0, 0.1) is 0 Å². The van der Waals surface area contributed by atoms with Crippen molar-refractivity contribution in [2.24, 2.45) is 11.5 Å². The number of carboxylic acid groups (broad SMARTS) is 3. The summed E-state index contributed by atoms with van der Waals surface area (Å²) in [6.07, 6.45) is -2.05. The van der Waals surface area contributed by atoms with Gasteiger partial charge in [0, 0.05) is 12.8 Å². The first-order valence-corrected chi connectivity index (χ1v) is 11.0. The zero-order valence-corrected chi connectivity index (χ0v) is 19.4. The van der Waals surface area contributed by atoms with Crippen LogP contribution in [0.4, 0.5) is 0 Å². The van der Waals surface area contributed by atoms with Gasteiger partial charge in [0.2, 0.25) is 17.7 Å². The van der Waals surface area contributed by atoms with Crippen molar-refractivity contribution in [1.82, 2.24) is 16.0 Å². The first-order chi connectivity index (χ1) is 16.3. The van der Waals surface area contributed by atoms with Crippen LogP contribution in [0.2, 0.25) is 0 Å². The van der Waals surface area contributed by atoms with Gasteiger partial charge < -0.3 is 47.8 Å². The maximum absolute atomic E-state index is 12.8. The number of aliphatic carboxylic acids is 3. The molecule has 35 heavy (non-hydrogen) atoms. The third-order valence-electron chi connectivity index (χ3n) is 4.91. The van der Waals surface area contributed by atoms with Crippen LogP contribution in [0.5, 0.6) is 0 Å². The predicted molar refractivity (Wildman–Crippen MR) is 120 cm³/mol. The smallest absolute Gasteiger partial charge is 0.326 e. The number of unbranched alkanes of at least 4 members (excludes halogenated alkanes) is 1. The van der Waals surface area contributed by atoms with Gasteiger partial charge in [-0.25, -0.2) is 4.79 Å². The Balaban J connectivity index is 5.43. The van der Waals surface area contributed by atoms with Gasteiger partial charge in [-0.15, -0.1) is 0 Å². The van der Waals surface area contributed by atoms with Gasteiger partial charge in [-0.3, -0.25) is 24.0 Å². The number of amides is 3. The summed E-state index contributed by atoms with van der Waals surface area (Å²) in [6.45, 7) is 1.49. The molecule has 15 heteroatoms. The SMILES string of the molecule is CC(O)C(NC(=O)C(N)CCC(=O)O)C(=O)NC(CCCCN)C(=O)NC(CCC(=O)O)C(=O)O. The van der Waals surface area contributed by atoms with Gasteiger partial charge in [0.15, 0.2) is 0 Å². The molecule has 5 unspecified atom stereocenters. The largest absolute Gasteiger partial charge is 0.481 e. The topological polar surface area (TPSA) is 271 Å². The normalized spacial score (nSPS) is 15.1. The van der Waals surface area contributed by atoms with Crippen LogP contribution in [0.25, 0.3) is 0 Å². The number of carbonyl (C=O) groups is 6. The third kappa shape index (κ3) is 13.2. The summed E-state index contributed by atoms with van der Waals surface area (Å²) in [5, 5.41) is 43.4. The summed E-state index contributed by atoms with van der Waals surface area (Å²) in [5.41, 5.74) is 11.1. The lowest BCUT2D eigenvalue weighted by Gasteiger charge is -2.26. The van der Waals surface area contributed by atoms with Crippen LogP contribution in [-0.2, 0) is 28.8 Å². The van der Waals surface area contributed by atoms with E-state index >= 15 is 0 Å². The minimum Gasteiger partial charge on any atom is -0.481 e. The summed E-state index contributed by atoms with van der Waals surface area (Å²) >= 11 is 0. The van der Waals surface area contributed by atoms with Crippen molar-refractivity contribution in [1.29, 1.82) is 0 Å². The summed E-state index contributed by atoms with van der Waals surface area (Å²) in [7, 11) is 0. The summed E-state index contributed by atoms with van der Waals surface area (Å²) < 4.78 is 0. The Labute approximate surface area is 201 Å². The van der Waals surface area contributed by atoms with Gasteiger partial charge in [0.05, 0.1) is 12.1 Å². The zero-order valence-electron chi connectivity index (χ0n) is 19.4. The Bertz CT molecular complexity index is 761. The van der Waals surface area contributed by atoms with Crippen molar-refractivity contribution < 1.29 is 49.2 Å². The molecule has 0 aliphatic rings. The van der Waals surface area contributed by atoms with E-state index in [1.54, 1.807) is 0 Å². The minimum absolute atomic E-state index is 0.0403. The molecule has 0 fully saturated rings. The summed E-state index contributed by atoms with van der Waals surface area (Å²) in [4.78, 5) is 70.5. The first-order valence-electron chi connectivity index (χ1n) is 11.0. The van der Waals surface area contributed by atoms with Gasteiger partial charge >= 0.3 is 17.9 Å². The highest BCUT2D eigenvalue weighted by atomic mass is 16.4. The highest BCUT2D eigenvalue weighted by Gasteiger charge is 2.32. The molecule has 0 spiro atoms. The highest BCUT2D eigenvalue weighted by Crippen LogP contribution is 2.06. The highest BCUT2D eigenvalue weighted by molar-refractivity contribution is 5.94. The van der Waals surface area contributed by atoms with E-state index in [2.05, 4.69) is 16.0 Å². The fourth-order valence-corrected chi connectivity index (χ4v) is 2.90. The molecule has 0 aromatic rings. The number of aliphatic hydroxyl groups is 1. The van der Waals surface area contributed by atoms with Crippen LogP contribution in [0.3, 0.4) is 0 Å². The second-order valence-corrected chi connectivity index (χ2v) is 7.94. The molecule has 0 aliphatic heterocycles. The molecule has 200 valence electrons. The van der Waals surface area contributed by atoms with Gasteiger partial charge in [0.25, 0.3) is 0 Å². The molecule has 0 heterocycles. The Morgan fingerprint density at radius 1 is 0.743 bits per heavy atom. The molecule has 0 radical (unpaired) electrons. The molecule has 3 amide bonds. The van der Waals surface area contributed by atoms with Crippen molar-refractivity contribution in [2.75, 3.05) is 6.54 Å². The number of nitrogens with one attached hydrogen (secondary N) is 3. The molecule has 0 bridgehead atoms. The van der Waals surface area contributed by atoms with E-state index in [1.807, 2.05) is 0 Å². The lowest BCUT2D eigenvalue weighted by Crippen LogP contribution is -2.59. The van der Waals surface area contributed by atoms with E-state index in [4.69, 9.17) is 21.7 Å². The van der Waals surface area contributed by atoms with E-state index in [0.29, 0.717) is 19.4 Å². The molecular formula is C20H35N5O10. The monoisotopic (exact) mass is 505 g/mol. The maximum atomic E-state index is 12.8. The van der Waals surface area contributed by atoms with Crippen molar-refractivity contribution in [3.8, 4) is 0 Å². The molecule has 0 aliphatic carbocycles. The number of nitrogens with two attached hydrogens (primary N) is 2. The molecule has 0 aromatic heterocycles. The van der Waals surface area contributed by atoms with Gasteiger partial charge in [-0.05, 0) is 45.6 Å². The van der Waals surface area contributed by atoms with E-state index in [-0.39, 0.29) is 19.3 Å². The maximum Gasteiger partial charge on any atom is 0.326 e. The average Bonchev–Trinajstić information content (AvgIpc) is 2.76. The Kier molecular flexibility index (Phi) is 14.8. The second kappa shape index (κ2) is 16.3. The number of carboxylic acids is 3. The Morgan fingerprint density at radius 3 is 1.77 bits per heavy atom. The Morgan fingerprint density at radius 2 is 1.29 bits per heavy atom. The van der Waals surface area contributed by atoms with Crippen molar-refractivity contribution in [2.45, 2.75) is 82.1 Å². The van der Waals surface area contributed by atoms with E-state index < -0.39 is 78.7 Å². The molecule has 0 aromatic carbocycles. The number of aliphatic hydroxyl groups excluding tert-OH is 1. The molecule has 11 N–H and O–H groups in total. The Hall–Kier alpha value is -3.30. The minimum atomic E-state index is -1.55. The molecule has 0 saturated carbocycles. The van der Waals surface area contributed by atoms with Gasteiger partial charge in [-0.2, -0.15) is 0 Å². The van der Waals surface area contributed by atoms with Crippen LogP contribution >= 0.6 is 0 Å². The van der Waals surface area contributed by atoms with E-state index in [9.17, 15) is 39.0 Å². The van der Waals surface area contributed by atoms with Crippen LogP contribution in [0.1, 0.15) is 51.9 Å². The third-order valence-corrected chi connectivity index (χ3v) is 4.91.